The number of nitrogens with zero attached hydrogens (tertiary/aromatic N) is 5. The number of hydrogen-bond acceptors (Lipinski definition) is 6. The fourth-order valence-corrected chi connectivity index (χ4v) is 1.77. The Morgan fingerprint density at radius 3 is 2.72 bits per heavy atom. The van der Waals surface area contributed by atoms with Gasteiger partial charge in [-0.25, -0.2) is 9.97 Å². The zero-order valence-corrected chi connectivity index (χ0v) is 10.4. The fourth-order valence-electron chi connectivity index (χ4n) is 1.77. The van der Waals surface area contributed by atoms with Crippen LogP contribution in [0.2, 0.25) is 0 Å². The van der Waals surface area contributed by atoms with Gasteiger partial charge in [0.2, 0.25) is 11.9 Å². The summed E-state index contributed by atoms with van der Waals surface area (Å²) >= 11 is 0. The number of nitrogen functional groups attached to an aromatic ring is 1. The Bertz CT molecular complexity index is 565. The third-order valence-corrected chi connectivity index (χ3v) is 2.71. The van der Waals surface area contributed by atoms with Gasteiger partial charge in [0.25, 0.3) is 0 Å². The van der Waals surface area contributed by atoms with Crippen LogP contribution in [0.3, 0.4) is 0 Å². The minimum absolute atomic E-state index is 0.329. The molecule has 1 aliphatic carbocycles. The lowest BCUT2D eigenvalue weighted by Gasteiger charge is -2.03. The number of aryl methyl sites for hydroxylation is 2. The van der Waals surface area contributed by atoms with Gasteiger partial charge >= 0.3 is 0 Å². The molecule has 0 spiro atoms. The van der Waals surface area contributed by atoms with Gasteiger partial charge in [0, 0.05) is 17.8 Å². The third kappa shape index (κ3) is 2.11. The van der Waals surface area contributed by atoms with Gasteiger partial charge in [0.05, 0.1) is 0 Å². The van der Waals surface area contributed by atoms with Gasteiger partial charge in [-0.1, -0.05) is 0 Å². The molecule has 18 heavy (non-hydrogen) atoms. The number of nitrogens with two attached hydrogens (primary N) is 1. The molecule has 0 amide bonds. The summed E-state index contributed by atoms with van der Waals surface area (Å²) in [5, 5.41) is 7.53. The van der Waals surface area contributed by atoms with Gasteiger partial charge in [0.1, 0.15) is 5.82 Å². The standard InChI is InChI=1S/C11H15N7/c1-6-5-9(14-7(2)13-6)18-10(12)16-11(17-18)15-8-3-4-8/h5,8H,3-4H2,1-2H3,(H3,12,15,16,17). The first-order chi connectivity index (χ1) is 8.61. The van der Waals surface area contributed by atoms with Crippen molar-refractivity contribution < 1.29 is 0 Å². The number of hydrogen-bond donors (Lipinski definition) is 2. The smallest absolute Gasteiger partial charge is 0.244 e. The first kappa shape index (κ1) is 10.9. The second-order valence-electron chi connectivity index (χ2n) is 4.54. The Balaban J connectivity index is 1.96. The molecule has 3 N–H and O–H groups in total. The molecule has 0 aromatic carbocycles. The summed E-state index contributed by atoms with van der Waals surface area (Å²) in [6.45, 7) is 3.75. The molecule has 0 bridgehead atoms. The van der Waals surface area contributed by atoms with Crippen LogP contribution in [0.25, 0.3) is 5.82 Å². The van der Waals surface area contributed by atoms with Crippen LogP contribution in [0.15, 0.2) is 6.07 Å². The zero-order chi connectivity index (χ0) is 12.7. The van der Waals surface area contributed by atoms with Crippen molar-refractivity contribution >= 4 is 11.9 Å². The van der Waals surface area contributed by atoms with E-state index in [2.05, 4.69) is 25.4 Å². The molecule has 0 aliphatic heterocycles. The van der Waals surface area contributed by atoms with Gasteiger partial charge in [-0.3, -0.25) is 0 Å². The quantitative estimate of drug-likeness (QED) is 0.831. The Morgan fingerprint density at radius 2 is 2.06 bits per heavy atom. The predicted octanol–water partition coefficient (Wildman–Crippen LogP) is 0.831. The second-order valence-corrected chi connectivity index (χ2v) is 4.54. The van der Waals surface area contributed by atoms with Crippen LogP contribution in [0.5, 0.6) is 0 Å². The molecule has 2 aromatic rings. The summed E-state index contributed by atoms with van der Waals surface area (Å²) < 4.78 is 1.53. The lowest BCUT2D eigenvalue weighted by Crippen LogP contribution is -2.07. The number of rotatable bonds is 3. The normalized spacial score (nSPS) is 14.8. The minimum Gasteiger partial charge on any atom is -0.368 e. The third-order valence-electron chi connectivity index (χ3n) is 2.71. The van der Waals surface area contributed by atoms with Crippen molar-refractivity contribution in [3.8, 4) is 5.82 Å². The molecule has 94 valence electrons. The summed E-state index contributed by atoms with van der Waals surface area (Å²) in [4.78, 5) is 12.7. The maximum atomic E-state index is 5.86. The van der Waals surface area contributed by atoms with Gasteiger partial charge in [-0.05, 0) is 26.7 Å². The van der Waals surface area contributed by atoms with Crippen LogP contribution < -0.4 is 11.1 Å². The molecule has 7 heteroatoms. The van der Waals surface area contributed by atoms with Crippen molar-refractivity contribution in [2.24, 2.45) is 0 Å². The summed E-state index contributed by atoms with van der Waals surface area (Å²) in [7, 11) is 0. The van der Waals surface area contributed by atoms with Crippen LogP contribution in [0.4, 0.5) is 11.9 Å². The summed E-state index contributed by atoms with van der Waals surface area (Å²) in [6.07, 6.45) is 2.33. The molecule has 0 atom stereocenters. The molecule has 2 aromatic heterocycles. The van der Waals surface area contributed by atoms with Crippen molar-refractivity contribution in [2.75, 3.05) is 11.1 Å². The van der Waals surface area contributed by atoms with Crippen molar-refractivity contribution in [3.63, 3.8) is 0 Å². The van der Waals surface area contributed by atoms with Gasteiger partial charge in [-0.15, -0.1) is 5.10 Å². The highest BCUT2D eigenvalue weighted by molar-refractivity contribution is 5.40. The Morgan fingerprint density at radius 1 is 1.28 bits per heavy atom. The highest BCUT2D eigenvalue weighted by atomic mass is 15.4. The van der Waals surface area contributed by atoms with Crippen LogP contribution in [-0.4, -0.2) is 30.8 Å². The molecule has 0 saturated heterocycles. The van der Waals surface area contributed by atoms with E-state index in [-0.39, 0.29) is 0 Å². The first-order valence-corrected chi connectivity index (χ1v) is 5.93. The highest BCUT2D eigenvalue weighted by Gasteiger charge is 2.23. The molecule has 3 rings (SSSR count). The van der Waals surface area contributed by atoms with Gasteiger partial charge in [0.15, 0.2) is 5.82 Å². The SMILES string of the molecule is Cc1cc(-n2nc(NC3CC3)nc2N)nc(C)n1. The Kier molecular flexibility index (Phi) is 2.39. The average Bonchev–Trinajstić information content (AvgIpc) is 3.00. The lowest BCUT2D eigenvalue weighted by molar-refractivity contribution is 0.829. The van der Waals surface area contributed by atoms with Crippen molar-refractivity contribution in [1.82, 2.24) is 24.7 Å². The maximum absolute atomic E-state index is 5.86. The largest absolute Gasteiger partial charge is 0.368 e. The van der Waals surface area contributed by atoms with Crippen LogP contribution in [0, 0.1) is 13.8 Å². The predicted molar refractivity (Wildman–Crippen MR) is 67.5 cm³/mol. The highest BCUT2D eigenvalue weighted by Crippen LogP contribution is 2.23. The van der Waals surface area contributed by atoms with E-state index in [1.165, 1.54) is 17.5 Å². The van der Waals surface area contributed by atoms with Crippen molar-refractivity contribution in [1.29, 1.82) is 0 Å². The van der Waals surface area contributed by atoms with Crippen LogP contribution in [-0.2, 0) is 0 Å². The number of aromatic nitrogens is 5. The fraction of sp³-hybridized carbons (Fsp3) is 0.455. The monoisotopic (exact) mass is 245 g/mol. The molecule has 0 unspecified atom stereocenters. The molecule has 0 radical (unpaired) electrons. The average molecular weight is 245 g/mol. The molecule has 7 nitrogen and oxygen atoms in total. The van der Waals surface area contributed by atoms with E-state index in [4.69, 9.17) is 5.73 Å². The van der Waals surface area contributed by atoms with E-state index in [9.17, 15) is 0 Å². The van der Waals surface area contributed by atoms with E-state index in [0.29, 0.717) is 29.6 Å². The first-order valence-electron chi connectivity index (χ1n) is 5.93. The van der Waals surface area contributed by atoms with E-state index in [0.717, 1.165) is 5.69 Å². The number of nitrogens with one attached hydrogen (secondary N) is 1. The zero-order valence-electron chi connectivity index (χ0n) is 10.4. The molecule has 1 saturated carbocycles. The summed E-state index contributed by atoms with van der Waals surface area (Å²) in [5.74, 6) is 2.23. The van der Waals surface area contributed by atoms with Crippen molar-refractivity contribution in [3.05, 3.63) is 17.6 Å². The van der Waals surface area contributed by atoms with Gasteiger partial charge < -0.3 is 11.1 Å². The van der Waals surface area contributed by atoms with E-state index >= 15 is 0 Å². The molecular weight excluding hydrogens is 230 g/mol. The topological polar surface area (TPSA) is 94.5 Å². The van der Waals surface area contributed by atoms with Crippen molar-refractivity contribution in [2.45, 2.75) is 32.7 Å². The number of anilines is 2. The molecular formula is C11H15N7. The minimum atomic E-state index is 0.329. The van der Waals surface area contributed by atoms with E-state index in [1.54, 1.807) is 0 Å². The molecule has 1 fully saturated rings. The van der Waals surface area contributed by atoms with Crippen LogP contribution >= 0.6 is 0 Å². The van der Waals surface area contributed by atoms with Crippen LogP contribution in [0.1, 0.15) is 24.4 Å². The summed E-state index contributed by atoms with van der Waals surface area (Å²) in [5.41, 5.74) is 6.74. The molecule has 1 aliphatic rings. The Hall–Kier alpha value is -2.18. The van der Waals surface area contributed by atoms with Gasteiger partial charge in [-0.2, -0.15) is 9.67 Å². The second kappa shape index (κ2) is 3.94. The lowest BCUT2D eigenvalue weighted by atomic mass is 10.4. The molecule has 2 heterocycles. The van der Waals surface area contributed by atoms with E-state index < -0.39 is 0 Å². The Labute approximate surface area is 104 Å². The summed E-state index contributed by atoms with van der Waals surface area (Å²) in [6, 6.07) is 2.33. The maximum Gasteiger partial charge on any atom is 0.244 e. The van der Waals surface area contributed by atoms with E-state index in [1.807, 2.05) is 19.9 Å².